The average molecular weight is 351 g/mol. The highest BCUT2D eigenvalue weighted by molar-refractivity contribution is 7.99. The maximum absolute atomic E-state index is 12.8. The summed E-state index contributed by atoms with van der Waals surface area (Å²) in [6.45, 7) is 0. The van der Waals surface area contributed by atoms with Gasteiger partial charge in [0, 0.05) is 15.7 Å². The zero-order valence-corrected chi connectivity index (χ0v) is 13.7. The van der Waals surface area contributed by atoms with E-state index in [4.69, 9.17) is 11.6 Å². The Morgan fingerprint density at radius 1 is 1.14 bits per heavy atom. The molecule has 1 aromatic heterocycles. The number of halogens is 1. The Hall–Kier alpha value is -1.50. The molecule has 2 saturated heterocycles. The molecule has 0 bridgehead atoms. The molecule has 0 aliphatic carbocycles. The van der Waals surface area contributed by atoms with Gasteiger partial charge < -0.3 is 0 Å². The normalized spacial score (nSPS) is 24.2. The number of nitrogens with zero attached hydrogens (tertiary/aromatic N) is 2. The lowest BCUT2D eigenvalue weighted by atomic mass is 10.2. The van der Waals surface area contributed by atoms with Crippen molar-refractivity contribution in [1.82, 2.24) is 4.90 Å². The Kier molecular flexibility index (Phi) is 3.40. The maximum Gasteiger partial charge on any atom is 0.333 e. The molecule has 1 aromatic carbocycles. The van der Waals surface area contributed by atoms with E-state index in [0.29, 0.717) is 16.5 Å². The number of thioether (sulfide) groups is 1. The van der Waals surface area contributed by atoms with Crippen molar-refractivity contribution >= 4 is 52.3 Å². The molecule has 0 radical (unpaired) electrons. The number of hydrogen-bond donors (Lipinski definition) is 0. The van der Waals surface area contributed by atoms with E-state index in [0.717, 1.165) is 4.88 Å². The Labute approximate surface area is 140 Å². The molecule has 3 amide bonds. The monoisotopic (exact) mass is 350 g/mol. The van der Waals surface area contributed by atoms with Crippen molar-refractivity contribution in [3.63, 3.8) is 0 Å². The molecule has 22 heavy (non-hydrogen) atoms. The lowest BCUT2D eigenvalue weighted by Crippen LogP contribution is -2.33. The highest BCUT2D eigenvalue weighted by atomic mass is 35.5. The molecule has 3 heterocycles. The predicted molar refractivity (Wildman–Crippen MR) is 89.5 cm³/mol. The fourth-order valence-electron chi connectivity index (χ4n) is 2.77. The van der Waals surface area contributed by atoms with Crippen LogP contribution >= 0.6 is 34.7 Å². The van der Waals surface area contributed by atoms with Crippen LogP contribution in [0.3, 0.4) is 0 Å². The van der Waals surface area contributed by atoms with Gasteiger partial charge in [-0.2, -0.15) is 0 Å². The molecule has 0 unspecified atom stereocenters. The van der Waals surface area contributed by atoms with Crippen molar-refractivity contribution in [1.29, 1.82) is 0 Å². The summed E-state index contributed by atoms with van der Waals surface area (Å²) in [4.78, 5) is 29.5. The molecular formula is C15H11ClN2O2S2. The second-order valence-corrected chi connectivity index (χ2v) is 7.59. The largest absolute Gasteiger partial charge is 0.333 e. The van der Waals surface area contributed by atoms with E-state index in [1.54, 1.807) is 52.3 Å². The third-order valence-corrected chi connectivity index (χ3v) is 6.42. The van der Waals surface area contributed by atoms with Gasteiger partial charge in [-0.25, -0.2) is 9.69 Å². The summed E-state index contributed by atoms with van der Waals surface area (Å²) >= 11 is 9.13. The first kappa shape index (κ1) is 14.1. The van der Waals surface area contributed by atoms with Crippen molar-refractivity contribution in [2.75, 3.05) is 10.7 Å². The lowest BCUT2D eigenvalue weighted by molar-refractivity contribution is -0.119. The van der Waals surface area contributed by atoms with Gasteiger partial charge in [0.2, 0.25) is 0 Å². The number of urea groups is 1. The zero-order valence-electron chi connectivity index (χ0n) is 11.3. The van der Waals surface area contributed by atoms with Crippen LogP contribution in [0.15, 0.2) is 41.8 Å². The van der Waals surface area contributed by atoms with E-state index >= 15 is 0 Å². The van der Waals surface area contributed by atoms with Gasteiger partial charge in [0.1, 0.15) is 11.4 Å². The summed E-state index contributed by atoms with van der Waals surface area (Å²) in [5, 5.41) is 2.50. The summed E-state index contributed by atoms with van der Waals surface area (Å²) in [5.74, 6) is 0.482. The van der Waals surface area contributed by atoms with Crippen molar-refractivity contribution in [3.8, 4) is 0 Å². The molecule has 0 N–H and O–H groups in total. The lowest BCUT2D eigenvalue weighted by Gasteiger charge is -2.21. The first-order valence-corrected chi connectivity index (χ1v) is 9.04. The number of hydrogen-bond acceptors (Lipinski definition) is 4. The fourth-order valence-corrected chi connectivity index (χ4v) is 5.27. The van der Waals surface area contributed by atoms with Crippen LogP contribution in [0.4, 0.5) is 10.5 Å². The molecule has 4 rings (SSSR count). The van der Waals surface area contributed by atoms with Crippen LogP contribution < -0.4 is 4.90 Å². The third-order valence-electron chi connectivity index (χ3n) is 3.79. The van der Waals surface area contributed by atoms with Gasteiger partial charge in [0.15, 0.2) is 0 Å². The standard InChI is InChI=1S/C15H11ClN2O2S2/c16-9-3-5-10(6-4-9)17-13(19)11-8-22-14(18(11)15(17)20)12-2-1-7-21-12/h1-7,11,14H,8H2/t11-,14-/m0/s1. The van der Waals surface area contributed by atoms with Gasteiger partial charge in [0.05, 0.1) is 5.69 Å². The van der Waals surface area contributed by atoms with Crippen molar-refractivity contribution in [2.45, 2.75) is 11.4 Å². The van der Waals surface area contributed by atoms with Gasteiger partial charge in [-0.3, -0.25) is 9.69 Å². The first-order valence-electron chi connectivity index (χ1n) is 6.73. The molecule has 2 atom stereocenters. The van der Waals surface area contributed by atoms with E-state index < -0.39 is 0 Å². The Balaban J connectivity index is 1.69. The number of benzene rings is 1. The number of amides is 3. The summed E-state index contributed by atoms with van der Waals surface area (Å²) in [6, 6.07) is 10.1. The summed E-state index contributed by atoms with van der Waals surface area (Å²) < 4.78 is 0. The van der Waals surface area contributed by atoms with Gasteiger partial charge in [0.25, 0.3) is 5.91 Å². The third kappa shape index (κ3) is 2.06. The number of imide groups is 1. The second-order valence-electron chi connectivity index (χ2n) is 5.06. The quantitative estimate of drug-likeness (QED) is 0.769. The smallest absolute Gasteiger partial charge is 0.294 e. The molecule has 0 saturated carbocycles. The summed E-state index contributed by atoms with van der Waals surface area (Å²) in [5.41, 5.74) is 0.573. The molecule has 4 nitrogen and oxygen atoms in total. The molecule has 2 fully saturated rings. The SMILES string of the molecule is O=C1[C@@H]2CS[C@@H](c3cccs3)N2C(=O)N1c1ccc(Cl)cc1. The number of carbonyl (C=O) groups excluding carboxylic acids is 2. The number of carbonyl (C=O) groups is 2. The minimum atomic E-state index is -0.375. The highest BCUT2D eigenvalue weighted by Crippen LogP contribution is 2.47. The number of anilines is 1. The van der Waals surface area contributed by atoms with Gasteiger partial charge in [-0.15, -0.1) is 23.1 Å². The Bertz CT molecular complexity index is 733. The van der Waals surface area contributed by atoms with Crippen LogP contribution in [-0.2, 0) is 4.79 Å². The van der Waals surface area contributed by atoms with E-state index in [1.807, 2.05) is 17.5 Å². The number of rotatable bonds is 2. The number of thiophene rings is 1. The molecule has 0 spiro atoms. The maximum atomic E-state index is 12.8. The first-order chi connectivity index (χ1) is 10.7. The van der Waals surface area contributed by atoms with Gasteiger partial charge >= 0.3 is 6.03 Å². The molecule has 7 heteroatoms. The van der Waals surface area contributed by atoms with Gasteiger partial charge in [-0.1, -0.05) is 17.7 Å². The fraction of sp³-hybridized carbons (Fsp3) is 0.200. The van der Waals surface area contributed by atoms with Crippen LogP contribution in [0.2, 0.25) is 5.02 Å². The van der Waals surface area contributed by atoms with E-state index in [2.05, 4.69) is 0 Å². The molecule has 2 aromatic rings. The Morgan fingerprint density at radius 2 is 1.91 bits per heavy atom. The van der Waals surface area contributed by atoms with Crippen LogP contribution in [0.5, 0.6) is 0 Å². The van der Waals surface area contributed by atoms with Crippen LogP contribution in [-0.4, -0.2) is 28.6 Å². The minimum Gasteiger partial charge on any atom is -0.294 e. The summed E-state index contributed by atoms with van der Waals surface area (Å²) in [7, 11) is 0. The highest BCUT2D eigenvalue weighted by Gasteiger charge is 2.53. The topological polar surface area (TPSA) is 40.6 Å². The Morgan fingerprint density at radius 3 is 2.59 bits per heavy atom. The number of fused-ring (bicyclic) bond motifs is 1. The molecule has 2 aliphatic heterocycles. The zero-order chi connectivity index (χ0) is 15.3. The molecular weight excluding hydrogens is 340 g/mol. The molecule has 2 aliphatic rings. The minimum absolute atomic E-state index is 0.0706. The van der Waals surface area contributed by atoms with Crippen molar-refractivity contribution in [3.05, 3.63) is 51.7 Å². The van der Waals surface area contributed by atoms with Gasteiger partial charge in [-0.05, 0) is 35.7 Å². The van der Waals surface area contributed by atoms with E-state index in [-0.39, 0.29) is 23.4 Å². The van der Waals surface area contributed by atoms with Crippen molar-refractivity contribution < 1.29 is 9.59 Å². The van der Waals surface area contributed by atoms with Crippen molar-refractivity contribution in [2.24, 2.45) is 0 Å². The predicted octanol–water partition coefficient (Wildman–Crippen LogP) is 3.98. The summed E-state index contributed by atoms with van der Waals surface area (Å²) in [6.07, 6.45) is 0. The van der Waals surface area contributed by atoms with Crippen LogP contribution in [0.25, 0.3) is 0 Å². The van der Waals surface area contributed by atoms with Crippen LogP contribution in [0, 0.1) is 0 Å². The molecule has 112 valence electrons. The van der Waals surface area contributed by atoms with Crippen LogP contribution in [0.1, 0.15) is 10.3 Å². The average Bonchev–Trinajstić information content (AvgIpc) is 3.21. The second kappa shape index (κ2) is 5.30. The van der Waals surface area contributed by atoms with E-state index in [9.17, 15) is 9.59 Å². The van der Waals surface area contributed by atoms with E-state index in [1.165, 1.54) is 4.90 Å².